The van der Waals surface area contributed by atoms with Gasteiger partial charge in [-0.15, -0.1) is 11.3 Å². The largest absolute Gasteiger partial charge is 0.456 e. The SMILES string of the molecule is CC(=O)OC(C)c1cscn1. The van der Waals surface area contributed by atoms with Gasteiger partial charge in [0, 0.05) is 12.3 Å². The number of ether oxygens (including phenoxy) is 1. The molecule has 0 aliphatic heterocycles. The van der Waals surface area contributed by atoms with Crippen LogP contribution in [0.4, 0.5) is 0 Å². The van der Waals surface area contributed by atoms with Crippen LogP contribution in [-0.4, -0.2) is 11.0 Å². The molecule has 3 nitrogen and oxygen atoms in total. The van der Waals surface area contributed by atoms with Crippen molar-refractivity contribution in [2.45, 2.75) is 20.0 Å². The van der Waals surface area contributed by atoms with Crippen LogP contribution in [0, 0.1) is 0 Å². The zero-order valence-electron chi connectivity index (χ0n) is 6.40. The number of carbonyl (C=O) groups is 1. The fourth-order valence-electron chi connectivity index (χ4n) is 0.732. The molecule has 0 N–H and O–H groups in total. The molecule has 1 aromatic heterocycles. The van der Waals surface area contributed by atoms with Crippen LogP contribution in [0.2, 0.25) is 0 Å². The molecule has 0 amide bonds. The van der Waals surface area contributed by atoms with E-state index in [0.29, 0.717) is 0 Å². The third kappa shape index (κ3) is 2.31. The molecule has 1 aromatic rings. The molecule has 11 heavy (non-hydrogen) atoms. The summed E-state index contributed by atoms with van der Waals surface area (Å²) in [6.45, 7) is 3.19. The Bertz CT molecular complexity index is 233. The van der Waals surface area contributed by atoms with Gasteiger partial charge in [0.1, 0.15) is 6.10 Å². The second-order valence-electron chi connectivity index (χ2n) is 2.16. The first-order chi connectivity index (χ1) is 5.20. The molecule has 4 heteroatoms. The molecule has 0 spiro atoms. The van der Waals surface area contributed by atoms with Crippen molar-refractivity contribution in [2.75, 3.05) is 0 Å². The van der Waals surface area contributed by atoms with E-state index in [1.54, 1.807) is 12.4 Å². The minimum atomic E-state index is -0.273. The Hall–Kier alpha value is -0.900. The highest BCUT2D eigenvalue weighted by atomic mass is 32.1. The number of rotatable bonds is 2. The first-order valence-electron chi connectivity index (χ1n) is 3.25. The summed E-state index contributed by atoms with van der Waals surface area (Å²) in [5, 5.41) is 1.87. The molecule has 60 valence electrons. The van der Waals surface area contributed by atoms with Gasteiger partial charge < -0.3 is 4.74 Å². The zero-order chi connectivity index (χ0) is 8.27. The summed E-state index contributed by atoms with van der Waals surface area (Å²) in [6, 6.07) is 0. The Morgan fingerprint density at radius 2 is 2.55 bits per heavy atom. The summed E-state index contributed by atoms with van der Waals surface area (Å²) in [7, 11) is 0. The number of aromatic nitrogens is 1. The standard InChI is InChI=1S/C7H9NO2S/c1-5(10-6(2)9)7-3-11-4-8-7/h3-5H,1-2H3. The predicted octanol–water partition coefficient (Wildman–Crippen LogP) is 1.77. The van der Waals surface area contributed by atoms with E-state index in [1.807, 2.05) is 5.38 Å². The molecule has 0 saturated carbocycles. The Kier molecular flexibility index (Phi) is 2.59. The number of esters is 1. The van der Waals surface area contributed by atoms with E-state index >= 15 is 0 Å². The van der Waals surface area contributed by atoms with Crippen molar-refractivity contribution in [1.82, 2.24) is 4.98 Å². The Morgan fingerprint density at radius 1 is 1.82 bits per heavy atom. The molecule has 0 aliphatic carbocycles. The van der Waals surface area contributed by atoms with Gasteiger partial charge in [0.25, 0.3) is 0 Å². The Morgan fingerprint density at radius 3 is 3.00 bits per heavy atom. The average Bonchev–Trinajstić information content (AvgIpc) is 2.35. The van der Waals surface area contributed by atoms with E-state index in [-0.39, 0.29) is 12.1 Å². The van der Waals surface area contributed by atoms with Crippen molar-refractivity contribution >= 4 is 17.3 Å². The summed E-state index contributed by atoms with van der Waals surface area (Å²) in [4.78, 5) is 14.5. The highest BCUT2D eigenvalue weighted by Gasteiger charge is 2.09. The van der Waals surface area contributed by atoms with Crippen molar-refractivity contribution in [3.8, 4) is 0 Å². The maximum Gasteiger partial charge on any atom is 0.303 e. The third-order valence-electron chi connectivity index (χ3n) is 1.21. The molecule has 0 saturated heterocycles. The number of nitrogens with zero attached hydrogens (tertiary/aromatic N) is 1. The van der Waals surface area contributed by atoms with Crippen molar-refractivity contribution in [3.05, 3.63) is 16.6 Å². The summed E-state index contributed by atoms with van der Waals surface area (Å²) >= 11 is 1.49. The Balaban J connectivity index is 2.56. The van der Waals surface area contributed by atoms with Gasteiger partial charge >= 0.3 is 5.97 Å². The van der Waals surface area contributed by atoms with E-state index in [9.17, 15) is 4.79 Å². The monoisotopic (exact) mass is 171 g/mol. The van der Waals surface area contributed by atoms with E-state index < -0.39 is 0 Å². The van der Waals surface area contributed by atoms with Crippen LogP contribution < -0.4 is 0 Å². The molecule has 0 bridgehead atoms. The molecule has 1 atom stereocenters. The van der Waals surface area contributed by atoms with Crippen molar-refractivity contribution in [1.29, 1.82) is 0 Å². The van der Waals surface area contributed by atoms with Crippen LogP contribution in [0.3, 0.4) is 0 Å². The minimum Gasteiger partial charge on any atom is -0.456 e. The molecular weight excluding hydrogens is 162 g/mol. The number of hydrogen-bond acceptors (Lipinski definition) is 4. The van der Waals surface area contributed by atoms with Gasteiger partial charge in [0.05, 0.1) is 11.2 Å². The lowest BCUT2D eigenvalue weighted by atomic mass is 10.3. The van der Waals surface area contributed by atoms with Crippen LogP contribution in [0.25, 0.3) is 0 Å². The van der Waals surface area contributed by atoms with Crippen molar-refractivity contribution in [3.63, 3.8) is 0 Å². The topological polar surface area (TPSA) is 39.2 Å². The Labute approximate surface area is 69.0 Å². The molecule has 0 aliphatic rings. The maximum atomic E-state index is 10.5. The molecule has 1 unspecified atom stereocenters. The smallest absolute Gasteiger partial charge is 0.303 e. The predicted molar refractivity (Wildman–Crippen MR) is 42.3 cm³/mol. The summed E-state index contributed by atoms with van der Waals surface area (Å²) < 4.78 is 4.90. The van der Waals surface area contributed by atoms with Gasteiger partial charge in [0.2, 0.25) is 0 Å². The quantitative estimate of drug-likeness (QED) is 0.636. The molecule has 1 rings (SSSR count). The maximum absolute atomic E-state index is 10.5. The molecule has 1 heterocycles. The van der Waals surface area contributed by atoms with Crippen LogP contribution in [0.15, 0.2) is 10.9 Å². The molecular formula is C7H9NO2S. The van der Waals surface area contributed by atoms with Crippen LogP contribution >= 0.6 is 11.3 Å². The lowest BCUT2D eigenvalue weighted by Crippen LogP contribution is -2.04. The van der Waals surface area contributed by atoms with Gasteiger partial charge in [-0.05, 0) is 6.92 Å². The second kappa shape index (κ2) is 3.48. The van der Waals surface area contributed by atoms with E-state index in [4.69, 9.17) is 4.74 Å². The van der Waals surface area contributed by atoms with E-state index in [0.717, 1.165) is 5.69 Å². The highest BCUT2D eigenvalue weighted by Crippen LogP contribution is 2.15. The highest BCUT2D eigenvalue weighted by molar-refractivity contribution is 7.07. The van der Waals surface area contributed by atoms with Gasteiger partial charge in [-0.2, -0.15) is 0 Å². The molecule has 0 fully saturated rings. The second-order valence-corrected chi connectivity index (χ2v) is 2.88. The van der Waals surface area contributed by atoms with Crippen LogP contribution in [0.5, 0.6) is 0 Å². The van der Waals surface area contributed by atoms with Gasteiger partial charge in [-0.1, -0.05) is 0 Å². The summed E-state index contributed by atoms with van der Waals surface area (Å²) in [5.41, 5.74) is 2.53. The fraction of sp³-hybridized carbons (Fsp3) is 0.429. The van der Waals surface area contributed by atoms with E-state index in [1.165, 1.54) is 18.3 Å². The lowest BCUT2D eigenvalue weighted by Gasteiger charge is -2.07. The first kappa shape index (κ1) is 8.20. The van der Waals surface area contributed by atoms with Gasteiger partial charge in [-0.3, -0.25) is 4.79 Å². The normalized spacial score (nSPS) is 12.5. The number of hydrogen-bond donors (Lipinski definition) is 0. The fourth-order valence-corrected chi connectivity index (χ4v) is 1.37. The number of carbonyl (C=O) groups excluding carboxylic acids is 1. The van der Waals surface area contributed by atoms with Gasteiger partial charge in [0.15, 0.2) is 0 Å². The van der Waals surface area contributed by atoms with Crippen molar-refractivity contribution in [2.24, 2.45) is 0 Å². The van der Waals surface area contributed by atoms with Crippen LogP contribution in [0.1, 0.15) is 25.6 Å². The molecule has 0 radical (unpaired) electrons. The third-order valence-corrected chi connectivity index (χ3v) is 1.82. The van der Waals surface area contributed by atoms with Crippen LogP contribution in [-0.2, 0) is 9.53 Å². The lowest BCUT2D eigenvalue weighted by molar-refractivity contribution is -0.145. The number of thiazole rings is 1. The summed E-state index contributed by atoms with van der Waals surface area (Å²) in [6.07, 6.45) is -0.223. The summed E-state index contributed by atoms with van der Waals surface area (Å²) in [5.74, 6) is -0.273. The van der Waals surface area contributed by atoms with E-state index in [2.05, 4.69) is 4.98 Å². The molecule has 0 aromatic carbocycles. The minimum absolute atomic E-state index is 0.223. The zero-order valence-corrected chi connectivity index (χ0v) is 7.22. The average molecular weight is 171 g/mol. The van der Waals surface area contributed by atoms with Crippen molar-refractivity contribution < 1.29 is 9.53 Å². The van der Waals surface area contributed by atoms with Gasteiger partial charge in [-0.25, -0.2) is 4.98 Å². The first-order valence-corrected chi connectivity index (χ1v) is 4.19.